The maximum absolute atomic E-state index is 12.0. The number of sulfonamides is 1. The van der Waals surface area contributed by atoms with Gasteiger partial charge >= 0.3 is 0 Å². The van der Waals surface area contributed by atoms with Crippen molar-refractivity contribution in [2.45, 2.75) is 31.5 Å². The normalized spacial score (nSPS) is 12.3. The number of aromatic nitrogens is 1. The number of nitrogens with one attached hydrogen (secondary N) is 2. The number of likely N-dealkylation sites (N-methyl/N-ethyl adjacent to an activating group) is 1. The molecule has 2 N–H and O–H groups in total. The lowest BCUT2D eigenvalue weighted by Crippen LogP contribution is -2.31. The predicted octanol–water partition coefficient (Wildman–Crippen LogP) is 0.420. The molecule has 0 atom stereocenters. The molecule has 20 heavy (non-hydrogen) atoms. The zero-order valence-electron chi connectivity index (χ0n) is 12.5. The minimum atomic E-state index is -3.51. The number of pyridine rings is 1. The van der Waals surface area contributed by atoms with Crippen LogP contribution in [-0.4, -0.2) is 51.5 Å². The first kappa shape index (κ1) is 17.0. The van der Waals surface area contributed by atoms with Crippen molar-refractivity contribution in [3.8, 4) is 0 Å². The first-order valence-corrected chi connectivity index (χ1v) is 8.12. The molecule has 0 saturated carbocycles. The zero-order chi connectivity index (χ0) is 15.2. The molecule has 0 saturated heterocycles. The SMILES string of the molecule is CC(C)NCc1ccc(S(=O)(=O)NCCN(C)C)nc1. The second kappa shape index (κ2) is 7.68. The lowest BCUT2D eigenvalue weighted by atomic mass is 10.2. The van der Waals surface area contributed by atoms with Crippen LogP contribution in [-0.2, 0) is 16.6 Å². The summed E-state index contributed by atoms with van der Waals surface area (Å²) < 4.78 is 26.5. The Kier molecular flexibility index (Phi) is 6.54. The Hall–Kier alpha value is -1.02. The molecule has 0 fully saturated rings. The summed E-state index contributed by atoms with van der Waals surface area (Å²) in [4.78, 5) is 5.94. The number of rotatable bonds is 8. The largest absolute Gasteiger partial charge is 0.310 e. The summed E-state index contributed by atoms with van der Waals surface area (Å²) in [7, 11) is 0.272. The molecule has 0 spiro atoms. The van der Waals surface area contributed by atoms with Crippen LogP contribution in [0.3, 0.4) is 0 Å². The highest BCUT2D eigenvalue weighted by Crippen LogP contribution is 2.06. The summed E-state index contributed by atoms with van der Waals surface area (Å²) in [5.41, 5.74) is 0.964. The van der Waals surface area contributed by atoms with Gasteiger partial charge in [-0.2, -0.15) is 0 Å². The molecule has 0 aliphatic rings. The Morgan fingerprint density at radius 1 is 1.30 bits per heavy atom. The average molecular weight is 300 g/mol. The van der Waals surface area contributed by atoms with Gasteiger partial charge in [-0.3, -0.25) is 0 Å². The highest BCUT2D eigenvalue weighted by atomic mass is 32.2. The van der Waals surface area contributed by atoms with Crippen molar-refractivity contribution in [1.29, 1.82) is 0 Å². The molecule has 1 aromatic heterocycles. The quantitative estimate of drug-likeness (QED) is 0.728. The Bertz CT molecular complexity index is 498. The van der Waals surface area contributed by atoms with Crippen molar-refractivity contribution in [1.82, 2.24) is 19.9 Å². The summed E-state index contributed by atoms with van der Waals surface area (Å²) in [5, 5.41) is 3.32. The second-order valence-corrected chi connectivity index (χ2v) is 6.96. The van der Waals surface area contributed by atoms with Crippen LogP contribution >= 0.6 is 0 Å². The van der Waals surface area contributed by atoms with E-state index in [1.54, 1.807) is 12.3 Å². The minimum Gasteiger partial charge on any atom is -0.310 e. The van der Waals surface area contributed by atoms with Gasteiger partial charge in [0.25, 0.3) is 10.0 Å². The number of hydrogen-bond acceptors (Lipinski definition) is 5. The standard InChI is InChI=1S/C13H24N4O2S/c1-11(2)14-9-12-5-6-13(15-10-12)20(18,19)16-7-8-17(3)4/h5-6,10-11,14,16H,7-9H2,1-4H3. The Labute approximate surface area is 121 Å². The van der Waals surface area contributed by atoms with Crippen LogP contribution in [0.5, 0.6) is 0 Å². The Morgan fingerprint density at radius 2 is 2.00 bits per heavy atom. The molecular formula is C13H24N4O2S. The van der Waals surface area contributed by atoms with Gasteiger partial charge in [0.2, 0.25) is 0 Å². The van der Waals surface area contributed by atoms with Gasteiger partial charge in [-0.25, -0.2) is 18.1 Å². The summed E-state index contributed by atoms with van der Waals surface area (Å²) >= 11 is 0. The monoisotopic (exact) mass is 300 g/mol. The van der Waals surface area contributed by atoms with Crippen molar-refractivity contribution in [2.24, 2.45) is 0 Å². The van der Waals surface area contributed by atoms with Crippen LogP contribution in [0.25, 0.3) is 0 Å². The molecule has 7 heteroatoms. The first-order chi connectivity index (χ1) is 9.31. The molecule has 6 nitrogen and oxygen atoms in total. The van der Waals surface area contributed by atoms with E-state index in [1.165, 1.54) is 6.07 Å². The maximum Gasteiger partial charge on any atom is 0.258 e. The predicted molar refractivity (Wildman–Crippen MR) is 80.0 cm³/mol. The second-order valence-electron chi connectivity index (χ2n) is 5.24. The summed E-state index contributed by atoms with van der Waals surface area (Å²) in [6.07, 6.45) is 1.59. The van der Waals surface area contributed by atoms with E-state index in [9.17, 15) is 8.42 Å². The van der Waals surface area contributed by atoms with E-state index in [4.69, 9.17) is 0 Å². The smallest absolute Gasteiger partial charge is 0.258 e. The third-order valence-electron chi connectivity index (χ3n) is 2.64. The van der Waals surface area contributed by atoms with Crippen molar-refractivity contribution in [2.75, 3.05) is 27.2 Å². The van der Waals surface area contributed by atoms with Crippen molar-refractivity contribution in [3.05, 3.63) is 23.9 Å². The van der Waals surface area contributed by atoms with E-state index in [0.29, 0.717) is 25.7 Å². The van der Waals surface area contributed by atoms with Crippen LogP contribution in [0.1, 0.15) is 19.4 Å². The first-order valence-electron chi connectivity index (χ1n) is 6.64. The fourth-order valence-corrected chi connectivity index (χ4v) is 2.42. The van der Waals surface area contributed by atoms with Crippen molar-refractivity contribution < 1.29 is 8.42 Å². The van der Waals surface area contributed by atoms with Gasteiger partial charge in [0, 0.05) is 31.9 Å². The number of nitrogens with zero attached hydrogens (tertiary/aromatic N) is 2. The Balaban J connectivity index is 2.62. The molecular weight excluding hydrogens is 276 g/mol. The van der Waals surface area contributed by atoms with E-state index >= 15 is 0 Å². The number of hydrogen-bond donors (Lipinski definition) is 2. The maximum atomic E-state index is 12.0. The lowest BCUT2D eigenvalue weighted by Gasteiger charge is -2.11. The highest BCUT2D eigenvalue weighted by Gasteiger charge is 2.14. The molecule has 0 bridgehead atoms. The Morgan fingerprint density at radius 3 is 2.50 bits per heavy atom. The van der Waals surface area contributed by atoms with Crippen LogP contribution in [0.2, 0.25) is 0 Å². The summed E-state index contributed by atoms with van der Waals surface area (Å²) in [6.45, 7) is 5.81. The van der Waals surface area contributed by atoms with E-state index in [-0.39, 0.29) is 5.03 Å². The summed E-state index contributed by atoms with van der Waals surface area (Å²) in [6, 6.07) is 3.70. The molecule has 0 radical (unpaired) electrons. The fourth-order valence-electron chi connectivity index (χ4n) is 1.47. The average Bonchev–Trinajstić information content (AvgIpc) is 2.36. The van der Waals surface area contributed by atoms with Crippen LogP contribution in [0, 0.1) is 0 Å². The lowest BCUT2D eigenvalue weighted by molar-refractivity contribution is 0.412. The van der Waals surface area contributed by atoms with Gasteiger partial charge < -0.3 is 10.2 Å². The molecule has 1 heterocycles. The van der Waals surface area contributed by atoms with Crippen molar-refractivity contribution in [3.63, 3.8) is 0 Å². The van der Waals surface area contributed by atoms with E-state index in [0.717, 1.165) is 5.56 Å². The molecule has 114 valence electrons. The van der Waals surface area contributed by atoms with Gasteiger partial charge in [-0.1, -0.05) is 19.9 Å². The van der Waals surface area contributed by atoms with E-state index < -0.39 is 10.0 Å². The van der Waals surface area contributed by atoms with Gasteiger partial charge in [0.1, 0.15) is 0 Å². The van der Waals surface area contributed by atoms with Crippen LogP contribution in [0.4, 0.5) is 0 Å². The van der Waals surface area contributed by atoms with Gasteiger partial charge in [-0.15, -0.1) is 0 Å². The van der Waals surface area contributed by atoms with Gasteiger partial charge in [0.15, 0.2) is 5.03 Å². The molecule has 0 aliphatic carbocycles. The molecule has 0 unspecified atom stereocenters. The third kappa shape index (κ3) is 5.96. The molecule has 1 aromatic rings. The zero-order valence-corrected chi connectivity index (χ0v) is 13.4. The van der Waals surface area contributed by atoms with Gasteiger partial charge in [-0.05, 0) is 25.7 Å². The highest BCUT2D eigenvalue weighted by molar-refractivity contribution is 7.89. The molecule has 0 aromatic carbocycles. The topological polar surface area (TPSA) is 74.3 Å². The molecule has 1 rings (SSSR count). The third-order valence-corrected chi connectivity index (χ3v) is 4.01. The fraction of sp³-hybridized carbons (Fsp3) is 0.615. The summed E-state index contributed by atoms with van der Waals surface area (Å²) in [5.74, 6) is 0. The van der Waals surface area contributed by atoms with Crippen molar-refractivity contribution >= 4 is 10.0 Å². The van der Waals surface area contributed by atoms with Crippen LogP contribution in [0.15, 0.2) is 23.4 Å². The van der Waals surface area contributed by atoms with E-state index in [2.05, 4.69) is 28.9 Å². The molecule has 0 aliphatic heterocycles. The van der Waals surface area contributed by atoms with E-state index in [1.807, 2.05) is 19.0 Å². The minimum absolute atomic E-state index is 0.0598. The van der Waals surface area contributed by atoms with Gasteiger partial charge in [0.05, 0.1) is 0 Å². The molecule has 0 amide bonds. The van der Waals surface area contributed by atoms with Crippen LogP contribution < -0.4 is 10.0 Å².